The van der Waals surface area contributed by atoms with Gasteiger partial charge in [-0.1, -0.05) is 45.9 Å². The van der Waals surface area contributed by atoms with Gasteiger partial charge < -0.3 is 10.2 Å². The molecule has 2 aliphatic carbocycles. The molecule has 1 unspecified atom stereocenters. The molecule has 2 atom stereocenters. The van der Waals surface area contributed by atoms with Gasteiger partial charge in [-0.05, 0) is 72.3 Å². The van der Waals surface area contributed by atoms with Gasteiger partial charge in [-0.15, -0.1) is 0 Å². The normalized spacial score (nSPS) is 21.2. The van der Waals surface area contributed by atoms with E-state index in [0.29, 0.717) is 24.1 Å². The second kappa shape index (κ2) is 8.55. The zero-order chi connectivity index (χ0) is 24.1. The highest BCUT2D eigenvalue weighted by molar-refractivity contribution is 5.75. The fourth-order valence-electron chi connectivity index (χ4n) is 5.34. The number of aromatic nitrogens is 1. The van der Waals surface area contributed by atoms with E-state index >= 15 is 0 Å². The third-order valence-electron chi connectivity index (χ3n) is 6.82. The molecule has 2 aromatic rings. The Morgan fingerprint density at radius 1 is 1.18 bits per heavy atom. The Morgan fingerprint density at radius 3 is 2.52 bits per heavy atom. The first-order chi connectivity index (χ1) is 15.4. The van der Waals surface area contributed by atoms with Crippen LogP contribution in [0.25, 0.3) is 5.57 Å². The van der Waals surface area contributed by atoms with Crippen molar-refractivity contribution < 1.29 is 23.4 Å². The van der Waals surface area contributed by atoms with Crippen molar-refractivity contribution in [2.75, 3.05) is 0 Å². The average molecular weight is 460 g/mol. The van der Waals surface area contributed by atoms with E-state index in [0.717, 1.165) is 53.8 Å². The number of pyridine rings is 1. The van der Waals surface area contributed by atoms with Gasteiger partial charge in [-0.25, -0.2) is 0 Å². The SMILES string of the molecule is CC(C)c1nc2c(c(C3=CCCC3)c1[C@H](O)c1cccc(C(F)(F)F)c1)C(O)CC(C)(C)C2. The molecule has 0 radical (unpaired) electrons. The van der Waals surface area contributed by atoms with E-state index in [1.807, 2.05) is 13.8 Å². The number of alkyl halides is 3. The molecular weight excluding hydrogens is 427 g/mol. The van der Waals surface area contributed by atoms with E-state index < -0.39 is 23.9 Å². The molecule has 178 valence electrons. The zero-order valence-corrected chi connectivity index (χ0v) is 19.6. The summed E-state index contributed by atoms with van der Waals surface area (Å²) < 4.78 is 40.1. The van der Waals surface area contributed by atoms with Crippen LogP contribution in [0.4, 0.5) is 13.2 Å². The third kappa shape index (κ3) is 4.60. The number of benzene rings is 1. The molecular formula is C27H32F3NO2. The molecule has 4 rings (SSSR count). The van der Waals surface area contributed by atoms with Crippen LogP contribution in [-0.2, 0) is 12.6 Å². The first-order valence-corrected chi connectivity index (χ1v) is 11.7. The van der Waals surface area contributed by atoms with Crippen molar-refractivity contribution in [1.29, 1.82) is 0 Å². The van der Waals surface area contributed by atoms with E-state index in [-0.39, 0.29) is 16.9 Å². The minimum atomic E-state index is -4.50. The van der Waals surface area contributed by atoms with E-state index in [9.17, 15) is 23.4 Å². The monoisotopic (exact) mass is 459 g/mol. The Balaban J connectivity index is 1.99. The lowest BCUT2D eigenvalue weighted by Gasteiger charge is -2.37. The molecule has 2 N–H and O–H groups in total. The summed E-state index contributed by atoms with van der Waals surface area (Å²) in [6, 6.07) is 4.88. The fourth-order valence-corrected chi connectivity index (χ4v) is 5.34. The van der Waals surface area contributed by atoms with Crippen molar-refractivity contribution in [3.05, 3.63) is 69.5 Å². The van der Waals surface area contributed by atoms with Gasteiger partial charge in [0, 0.05) is 22.5 Å². The molecule has 1 aromatic carbocycles. The van der Waals surface area contributed by atoms with Gasteiger partial charge >= 0.3 is 6.18 Å². The predicted molar refractivity (Wildman–Crippen MR) is 123 cm³/mol. The number of halogens is 3. The first kappa shape index (κ1) is 24.0. The molecule has 0 spiro atoms. The summed E-state index contributed by atoms with van der Waals surface area (Å²) in [5, 5.41) is 22.7. The highest BCUT2D eigenvalue weighted by Gasteiger charge is 2.38. The van der Waals surface area contributed by atoms with Crippen LogP contribution < -0.4 is 0 Å². The molecule has 0 bridgehead atoms. The molecule has 0 saturated heterocycles. The van der Waals surface area contributed by atoms with Gasteiger partial charge in [0.05, 0.1) is 11.7 Å². The standard InChI is InChI=1S/C27H32F3NO2/c1-15(2)24-23(25(33)17-10-7-11-18(12-17)27(28,29)30)21(16-8-5-6-9-16)22-19(31-24)13-26(3,4)14-20(22)32/h7-8,10-12,15,20,25,32-33H,5-6,9,13-14H2,1-4H3/t20?,25-/m1/s1. The summed E-state index contributed by atoms with van der Waals surface area (Å²) in [4.78, 5) is 4.94. The van der Waals surface area contributed by atoms with E-state index in [1.54, 1.807) is 0 Å². The maximum atomic E-state index is 13.4. The van der Waals surface area contributed by atoms with Gasteiger partial charge in [0.15, 0.2) is 0 Å². The van der Waals surface area contributed by atoms with E-state index in [1.165, 1.54) is 12.1 Å². The fraction of sp³-hybridized carbons (Fsp3) is 0.519. The molecule has 2 aliphatic rings. The molecule has 33 heavy (non-hydrogen) atoms. The van der Waals surface area contributed by atoms with Crippen molar-refractivity contribution in [3.63, 3.8) is 0 Å². The highest BCUT2D eigenvalue weighted by atomic mass is 19.4. The number of fused-ring (bicyclic) bond motifs is 1. The number of nitrogens with zero attached hydrogens (tertiary/aromatic N) is 1. The van der Waals surface area contributed by atoms with Gasteiger partial charge in [0.25, 0.3) is 0 Å². The maximum Gasteiger partial charge on any atom is 0.416 e. The predicted octanol–water partition coefficient (Wildman–Crippen LogP) is 6.88. The van der Waals surface area contributed by atoms with Gasteiger partial charge in [-0.2, -0.15) is 13.2 Å². The second-order valence-electron chi connectivity index (χ2n) is 10.5. The van der Waals surface area contributed by atoms with Crippen molar-refractivity contribution in [1.82, 2.24) is 4.98 Å². The second-order valence-corrected chi connectivity index (χ2v) is 10.5. The minimum Gasteiger partial charge on any atom is -0.388 e. The van der Waals surface area contributed by atoms with Gasteiger partial charge in [-0.3, -0.25) is 4.98 Å². The number of rotatable bonds is 4. The van der Waals surface area contributed by atoms with Crippen LogP contribution in [0.15, 0.2) is 30.3 Å². The van der Waals surface area contributed by atoms with Crippen LogP contribution in [0.2, 0.25) is 0 Å². The van der Waals surface area contributed by atoms with Gasteiger partial charge in [0.2, 0.25) is 0 Å². The summed E-state index contributed by atoms with van der Waals surface area (Å²) in [7, 11) is 0. The average Bonchev–Trinajstić information content (AvgIpc) is 3.25. The highest BCUT2D eigenvalue weighted by Crippen LogP contribution is 2.48. The Kier molecular flexibility index (Phi) is 6.21. The molecule has 0 aliphatic heterocycles. The quantitative estimate of drug-likeness (QED) is 0.524. The van der Waals surface area contributed by atoms with E-state index in [2.05, 4.69) is 19.9 Å². The largest absolute Gasteiger partial charge is 0.416 e. The summed E-state index contributed by atoms with van der Waals surface area (Å²) in [6.45, 7) is 8.17. The van der Waals surface area contributed by atoms with Gasteiger partial charge in [0.1, 0.15) is 6.10 Å². The van der Waals surface area contributed by atoms with Crippen molar-refractivity contribution in [3.8, 4) is 0 Å². The molecule has 0 saturated carbocycles. The summed E-state index contributed by atoms with van der Waals surface area (Å²) in [6.07, 6.45) is -0.400. The minimum absolute atomic E-state index is 0.0475. The number of hydrogen-bond acceptors (Lipinski definition) is 3. The van der Waals surface area contributed by atoms with Crippen molar-refractivity contribution >= 4 is 5.57 Å². The maximum absolute atomic E-state index is 13.4. The van der Waals surface area contributed by atoms with Crippen LogP contribution in [0.5, 0.6) is 0 Å². The van der Waals surface area contributed by atoms with E-state index in [4.69, 9.17) is 4.98 Å². The molecule has 0 amide bonds. The van der Waals surface area contributed by atoms with Crippen LogP contribution >= 0.6 is 0 Å². The van der Waals surface area contributed by atoms with Crippen LogP contribution in [0.3, 0.4) is 0 Å². The topological polar surface area (TPSA) is 53.4 Å². The third-order valence-corrected chi connectivity index (χ3v) is 6.82. The molecule has 1 aromatic heterocycles. The van der Waals surface area contributed by atoms with Crippen LogP contribution in [-0.4, -0.2) is 15.2 Å². The number of hydrogen-bond donors (Lipinski definition) is 2. The summed E-state index contributed by atoms with van der Waals surface area (Å²) >= 11 is 0. The van der Waals surface area contributed by atoms with Crippen molar-refractivity contribution in [2.45, 2.75) is 84.1 Å². The zero-order valence-electron chi connectivity index (χ0n) is 19.6. The molecule has 1 heterocycles. The Labute approximate surface area is 193 Å². The number of aliphatic hydroxyl groups is 2. The first-order valence-electron chi connectivity index (χ1n) is 11.7. The summed E-state index contributed by atoms with van der Waals surface area (Å²) in [5.41, 5.74) is 3.93. The Bertz CT molecular complexity index is 1090. The smallest absolute Gasteiger partial charge is 0.388 e. The number of aliphatic hydroxyl groups excluding tert-OH is 2. The Morgan fingerprint density at radius 2 is 1.91 bits per heavy atom. The lowest BCUT2D eigenvalue weighted by atomic mass is 9.71. The van der Waals surface area contributed by atoms with Crippen LogP contribution in [0.1, 0.15) is 111 Å². The molecule has 3 nitrogen and oxygen atoms in total. The van der Waals surface area contributed by atoms with Crippen LogP contribution in [0, 0.1) is 5.41 Å². The van der Waals surface area contributed by atoms with Crippen molar-refractivity contribution in [2.24, 2.45) is 5.41 Å². The lowest BCUT2D eigenvalue weighted by Crippen LogP contribution is -2.29. The molecule has 0 fully saturated rings. The lowest BCUT2D eigenvalue weighted by molar-refractivity contribution is -0.137. The number of allylic oxidation sites excluding steroid dienone is 2. The molecule has 6 heteroatoms. The Hall–Kier alpha value is -2.18. The summed E-state index contributed by atoms with van der Waals surface area (Å²) in [5.74, 6) is -0.0475.